The van der Waals surface area contributed by atoms with Gasteiger partial charge in [-0.25, -0.2) is 9.50 Å². The Morgan fingerprint density at radius 1 is 1.27 bits per heavy atom. The van der Waals surface area contributed by atoms with Crippen LogP contribution in [0.2, 0.25) is 0 Å². The van der Waals surface area contributed by atoms with Gasteiger partial charge in [-0.1, -0.05) is 0 Å². The normalized spacial score (nSPS) is 17.5. The van der Waals surface area contributed by atoms with Crippen LogP contribution >= 0.6 is 15.9 Å². The van der Waals surface area contributed by atoms with Crippen molar-refractivity contribution in [2.75, 3.05) is 38.2 Å². The summed E-state index contributed by atoms with van der Waals surface area (Å²) in [6, 6.07) is 3.94. The van der Waals surface area contributed by atoms with Crippen LogP contribution in [0.5, 0.6) is 0 Å². The smallest absolute Gasteiger partial charge is 0.154 e. The molecule has 1 saturated heterocycles. The fourth-order valence-corrected chi connectivity index (χ4v) is 3.02. The maximum absolute atomic E-state index is 4.52. The van der Waals surface area contributed by atoms with Crippen molar-refractivity contribution in [3.05, 3.63) is 22.9 Å². The van der Waals surface area contributed by atoms with Gasteiger partial charge in [0.25, 0.3) is 0 Å². The van der Waals surface area contributed by atoms with Crippen molar-refractivity contribution in [2.45, 2.75) is 26.3 Å². The second kappa shape index (κ2) is 6.14. The Kier molecular flexibility index (Phi) is 4.38. The Bertz CT molecular complexity index is 647. The number of rotatable bonds is 4. The molecule has 120 valence electrons. The second-order valence-electron chi connectivity index (χ2n) is 6.69. The molecular formula is C15H23BrN6. The number of nitrogens with one attached hydrogen (secondary N) is 1. The molecule has 22 heavy (non-hydrogen) atoms. The number of nitrogens with zero attached hydrogens (tertiary/aromatic N) is 5. The van der Waals surface area contributed by atoms with E-state index >= 15 is 0 Å². The zero-order valence-corrected chi connectivity index (χ0v) is 15.0. The molecule has 1 fully saturated rings. The molecule has 3 rings (SSSR count). The summed E-state index contributed by atoms with van der Waals surface area (Å²) in [5, 5.41) is 7.91. The van der Waals surface area contributed by atoms with Gasteiger partial charge in [-0.15, -0.1) is 5.10 Å². The first kappa shape index (κ1) is 15.7. The molecule has 3 heterocycles. The van der Waals surface area contributed by atoms with Crippen molar-refractivity contribution < 1.29 is 0 Å². The number of anilines is 1. The van der Waals surface area contributed by atoms with E-state index in [-0.39, 0.29) is 5.54 Å². The maximum atomic E-state index is 4.52. The van der Waals surface area contributed by atoms with E-state index in [1.165, 1.54) is 0 Å². The first-order valence-corrected chi connectivity index (χ1v) is 8.44. The van der Waals surface area contributed by atoms with Gasteiger partial charge in [0.1, 0.15) is 10.4 Å². The number of halogens is 1. The predicted molar refractivity (Wildman–Crippen MR) is 92.1 cm³/mol. The van der Waals surface area contributed by atoms with Crippen molar-refractivity contribution in [1.29, 1.82) is 0 Å². The minimum atomic E-state index is 0.252. The van der Waals surface area contributed by atoms with E-state index in [0.29, 0.717) is 0 Å². The summed E-state index contributed by atoms with van der Waals surface area (Å²) in [4.78, 5) is 9.24. The summed E-state index contributed by atoms with van der Waals surface area (Å²) in [7, 11) is 0. The number of fused-ring (bicyclic) bond motifs is 1. The van der Waals surface area contributed by atoms with Crippen LogP contribution in [-0.4, -0.2) is 62.8 Å². The number of imidazole rings is 1. The van der Waals surface area contributed by atoms with Crippen LogP contribution < -0.4 is 5.32 Å². The third-order valence-electron chi connectivity index (χ3n) is 4.06. The predicted octanol–water partition coefficient (Wildman–Crippen LogP) is 2.28. The maximum Gasteiger partial charge on any atom is 0.154 e. The van der Waals surface area contributed by atoms with Gasteiger partial charge in [-0.3, -0.25) is 9.80 Å². The highest BCUT2D eigenvalue weighted by atomic mass is 79.9. The Hall–Kier alpha value is -1.18. The molecule has 6 nitrogen and oxygen atoms in total. The molecule has 1 N–H and O–H groups in total. The minimum Gasteiger partial charge on any atom is -0.367 e. The number of hydrogen-bond donors (Lipinski definition) is 1. The molecule has 2 aromatic heterocycles. The largest absolute Gasteiger partial charge is 0.367 e. The first-order chi connectivity index (χ1) is 10.4. The number of hydrogen-bond acceptors (Lipinski definition) is 5. The summed E-state index contributed by atoms with van der Waals surface area (Å²) in [6.07, 6.45) is 1.76. The van der Waals surface area contributed by atoms with E-state index in [1.807, 2.05) is 12.1 Å². The molecule has 0 aromatic carbocycles. The van der Waals surface area contributed by atoms with E-state index in [4.69, 9.17) is 0 Å². The molecule has 0 aliphatic carbocycles. The van der Waals surface area contributed by atoms with Gasteiger partial charge in [0, 0.05) is 31.7 Å². The van der Waals surface area contributed by atoms with Crippen molar-refractivity contribution in [1.82, 2.24) is 24.4 Å². The van der Waals surface area contributed by atoms with Gasteiger partial charge in [0.2, 0.25) is 0 Å². The summed E-state index contributed by atoms with van der Waals surface area (Å²) in [5.74, 6) is 0.873. The quantitative estimate of drug-likeness (QED) is 0.899. The average Bonchev–Trinajstić information content (AvgIpc) is 3.06. The van der Waals surface area contributed by atoms with E-state index in [9.17, 15) is 0 Å². The Balaban J connectivity index is 1.51. The van der Waals surface area contributed by atoms with E-state index in [2.05, 4.69) is 61.9 Å². The highest BCUT2D eigenvalue weighted by molar-refractivity contribution is 9.10. The molecular weight excluding hydrogens is 344 g/mol. The standard InChI is InChI=1S/C15H23BrN6/c1-15(2,3)21-9-8-20(11-21)7-6-17-13-4-5-14-18-10-12(16)22(14)19-13/h4-5,10H,6-9,11H2,1-3H3,(H,17,19). The molecule has 0 unspecified atom stereocenters. The molecule has 0 spiro atoms. The lowest BCUT2D eigenvalue weighted by Gasteiger charge is -2.31. The molecule has 0 atom stereocenters. The lowest BCUT2D eigenvalue weighted by Crippen LogP contribution is -2.41. The monoisotopic (exact) mass is 366 g/mol. The van der Waals surface area contributed by atoms with Crippen LogP contribution in [0, 0.1) is 0 Å². The summed E-state index contributed by atoms with van der Waals surface area (Å²) in [5.41, 5.74) is 1.10. The van der Waals surface area contributed by atoms with Crippen LogP contribution in [0.1, 0.15) is 20.8 Å². The molecule has 0 amide bonds. The number of aromatic nitrogens is 3. The van der Waals surface area contributed by atoms with Gasteiger partial charge >= 0.3 is 0 Å². The SMILES string of the molecule is CC(C)(C)N1CCN(CCNc2ccc3ncc(Br)n3n2)C1. The summed E-state index contributed by atoms with van der Waals surface area (Å²) < 4.78 is 2.66. The molecule has 0 radical (unpaired) electrons. The fourth-order valence-electron chi connectivity index (χ4n) is 2.66. The van der Waals surface area contributed by atoms with Crippen molar-refractivity contribution >= 4 is 27.4 Å². The third kappa shape index (κ3) is 3.42. The Morgan fingerprint density at radius 2 is 2.09 bits per heavy atom. The zero-order valence-electron chi connectivity index (χ0n) is 13.4. The van der Waals surface area contributed by atoms with E-state index in [0.717, 1.165) is 48.9 Å². The molecule has 1 aliphatic heterocycles. The minimum absolute atomic E-state index is 0.252. The van der Waals surface area contributed by atoms with E-state index < -0.39 is 0 Å². The third-order valence-corrected chi connectivity index (χ3v) is 4.60. The molecule has 0 saturated carbocycles. The topological polar surface area (TPSA) is 48.7 Å². The van der Waals surface area contributed by atoms with Gasteiger partial charge in [-0.05, 0) is 48.8 Å². The highest BCUT2D eigenvalue weighted by Gasteiger charge is 2.28. The zero-order chi connectivity index (χ0) is 15.7. The average molecular weight is 367 g/mol. The van der Waals surface area contributed by atoms with Gasteiger partial charge in [-0.2, -0.15) is 0 Å². The molecule has 7 heteroatoms. The summed E-state index contributed by atoms with van der Waals surface area (Å²) >= 11 is 3.44. The van der Waals surface area contributed by atoms with Crippen LogP contribution in [0.15, 0.2) is 22.9 Å². The van der Waals surface area contributed by atoms with Crippen LogP contribution in [-0.2, 0) is 0 Å². The van der Waals surface area contributed by atoms with E-state index in [1.54, 1.807) is 10.7 Å². The van der Waals surface area contributed by atoms with Crippen LogP contribution in [0.3, 0.4) is 0 Å². The van der Waals surface area contributed by atoms with Gasteiger partial charge in [0.15, 0.2) is 5.65 Å². The Morgan fingerprint density at radius 3 is 2.82 bits per heavy atom. The van der Waals surface area contributed by atoms with Crippen LogP contribution in [0.25, 0.3) is 5.65 Å². The van der Waals surface area contributed by atoms with Gasteiger partial charge in [0.05, 0.1) is 12.9 Å². The lowest BCUT2D eigenvalue weighted by molar-refractivity contribution is 0.142. The second-order valence-corrected chi connectivity index (χ2v) is 7.50. The molecule has 0 bridgehead atoms. The Labute approximate surface area is 139 Å². The molecule has 1 aliphatic rings. The van der Waals surface area contributed by atoms with Crippen LogP contribution in [0.4, 0.5) is 5.82 Å². The van der Waals surface area contributed by atoms with Gasteiger partial charge < -0.3 is 5.32 Å². The van der Waals surface area contributed by atoms with Crippen molar-refractivity contribution in [3.8, 4) is 0 Å². The molecule has 2 aromatic rings. The lowest BCUT2D eigenvalue weighted by atomic mass is 10.1. The summed E-state index contributed by atoms with van der Waals surface area (Å²) in [6.45, 7) is 12.1. The first-order valence-electron chi connectivity index (χ1n) is 7.65. The van der Waals surface area contributed by atoms with Crippen molar-refractivity contribution in [3.63, 3.8) is 0 Å². The van der Waals surface area contributed by atoms with Crippen molar-refractivity contribution in [2.24, 2.45) is 0 Å². The fraction of sp³-hybridized carbons (Fsp3) is 0.600. The highest BCUT2D eigenvalue weighted by Crippen LogP contribution is 2.18.